The van der Waals surface area contributed by atoms with Gasteiger partial charge in [-0.2, -0.15) is 0 Å². The summed E-state index contributed by atoms with van der Waals surface area (Å²) in [6.07, 6.45) is 2.36. The molecule has 156 valence electrons. The van der Waals surface area contributed by atoms with E-state index in [1.807, 2.05) is 18.2 Å². The van der Waals surface area contributed by atoms with Crippen LogP contribution >= 0.6 is 0 Å². The molecule has 9 nitrogen and oxygen atoms in total. The maximum atomic E-state index is 12.7. The molecule has 0 spiro atoms. The second kappa shape index (κ2) is 8.02. The Morgan fingerprint density at radius 3 is 2.90 bits per heavy atom. The summed E-state index contributed by atoms with van der Waals surface area (Å²) >= 11 is 0. The lowest BCUT2D eigenvalue weighted by Crippen LogP contribution is -2.38. The minimum atomic E-state index is -0.0677. The van der Waals surface area contributed by atoms with Gasteiger partial charge in [0.1, 0.15) is 5.82 Å². The van der Waals surface area contributed by atoms with E-state index in [1.54, 1.807) is 42.1 Å². The predicted octanol–water partition coefficient (Wildman–Crippen LogP) is 2.11. The lowest BCUT2D eigenvalue weighted by molar-refractivity contribution is -0.129. The Bertz CT molecular complexity index is 1080. The molecule has 4 rings (SSSR count). The molecule has 0 radical (unpaired) electrons. The van der Waals surface area contributed by atoms with Gasteiger partial charge in [-0.05, 0) is 36.2 Å². The zero-order valence-electron chi connectivity index (χ0n) is 17.0. The number of hydrogen-bond donors (Lipinski definition) is 2. The van der Waals surface area contributed by atoms with Gasteiger partial charge in [-0.1, -0.05) is 11.2 Å². The van der Waals surface area contributed by atoms with E-state index in [1.165, 1.54) is 0 Å². The smallest absolute Gasteiger partial charge is 0.255 e. The molecule has 1 fully saturated rings. The number of carbonyl (C=O) groups is 2. The number of hydrogen-bond acceptors (Lipinski definition) is 7. The third kappa shape index (κ3) is 3.91. The first-order chi connectivity index (χ1) is 14.4. The molecule has 1 atom stereocenters. The number of carbonyl (C=O) groups excluding carboxylic acids is 2. The van der Waals surface area contributed by atoms with Gasteiger partial charge in [0.25, 0.3) is 5.91 Å². The van der Waals surface area contributed by atoms with Gasteiger partial charge in [-0.3, -0.25) is 9.59 Å². The Kier molecular flexibility index (Phi) is 5.26. The summed E-state index contributed by atoms with van der Waals surface area (Å²) in [7, 11) is 1.78. The molecule has 1 aromatic carbocycles. The number of nitrogens with one attached hydrogen (secondary N) is 1. The van der Waals surface area contributed by atoms with Crippen molar-refractivity contribution < 1.29 is 14.1 Å². The van der Waals surface area contributed by atoms with Crippen LogP contribution in [0.25, 0.3) is 11.0 Å². The number of nitrogen functional groups attached to an aromatic ring is 1. The molecule has 9 heteroatoms. The van der Waals surface area contributed by atoms with E-state index < -0.39 is 0 Å². The van der Waals surface area contributed by atoms with Crippen molar-refractivity contribution in [3.05, 3.63) is 47.7 Å². The monoisotopic (exact) mass is 408 g/mol. The van der Waals surface area contributed by atoms with Crippen molar-refractivity contribution in [2.24, 2.45) is 0 Å². The van der Waals surface area contributed by atoms with Crippen molar-refractivity contribution in [1.29, 1.82) is 0 Å². The average molecular weight is 408 g/mol. The zero-order chi connectivity index (χ0) is 21.3. The Morgan fingerprint density at radius 2 is 2.17 bits per heavy atom. The number of amides is 2. The molecule has 1 aliphatic rings. The van der Waals surface area contributed by atoms with Crippen LogP contribution in [-0.4, -0.2) is 57.9 Å². The van der Waals surface area contributed by atoms with Gasteiger partial charge in [0.15, 0.2) is 11.4 Å². The fourth-order valence-corrected chi connectivity index (χ4v) is 3.61. The standard InChI is InChI=1S/C21H24N6O3/c1-13(28)26(2)16-7-8-27(12-16)21(29)15-4-6-19(24-11-15)23-10-14-3-5-18-17(9-14)20(22)25-30-18/h3-6,9,11,16H,7-8,10,12H2,1-2H3,(H2,22,25)(H,23,24)/t16-/m0/s1. The van der Waals surface area contributed by atoms with Crippen molar-refractivity contribution in [2.75, 3.05) is 31.2 Å². The van der Waals surface area contributed by atoms with E-state index in [0.717, 1.165) is 17.4 Å². The summed E-state index contributed by atoms with van der Waals surface area (Å²) in [5.74, 6) is 0.978. The molecule has 30 heavy (non-hydrogen) atoms. The van der Waals surface area contributed by atoms with E-state index >= 15 is 0 Å². The Hall–Kier alpha value is -3.62. The molecule has 3 aromatic rings. The van der Waals surface area contributed by atoms with E-state index in [2.05, 4.69) is 15.5 Å². The SMILES string of the molecule is CC(=O)N(C)[C@H]1CCN(C(=O)c2ccc(NCc3ccc4onc(N)c4c3)nc2)C1. The van der Waals surface area contributed by atoms with E-state index in [4.69, 9.17) is 10.3 Å². The fourth-order valence-electron chi connectivity index (χ4n) is 3.61. The summed E-state index contributed by atoms with van der Waals surface area (Å²) < 4.78 is 5.11. The van der Waals surface area contributed by atoms with Gasteiger partial charge in [-0.15, -0.1) is 0 Å². The summed E-state index contributed by atoms with van der Waals surface area (Å²) in [6, 6.07) is 9.30. The molecule has 1 aliphatic heterocycles. The molecule has 2 amide bonds. The van der Waals surface area contributed by atoms with E-state index in [9.17, 15) is 9.59 Å². The maximum Gasteiger partial charge on any atom is 0.255 e. The number of fused-ring (bicyclic) bond motifs is 1. The van der Waals surface area contributed by atoms with Crippen LogP contribution < -0.4 is 11.1 Å². The number of anilines is 2. The number of benzene rings is 1. The lowest BCUT2D eigenvalue weighted by Gasteiger charge is -2.23. The number of rotatable bonds is 5. The highest BCUT2D eigenvalue weighted by Crippen LogP contribution is 2.22. The molecule has 0 bridgehead atoms. The number of nitrogens with zero attached hydrogens (tertiary/aromatic N) is 4. The van der Waals surface area contributed by atoms with Gasteiger partial charge in [0, 0.05) is 39.8 Å². The first-order valence-corrected chi connectivity index (χ1v) is 9.79. The highest BCUT2D eigenvalue weighted by atomic mass is 16.5. The second-order valence-corrected chi connectivity index (χ2v) is 7.51. The van der Waals surface area contributed by atoms with Crippen molar-refractivity contribution in [3.63, 3.8) is 0 Å². The minimum Gasteiger partial charge on any atom is -0.380 e. The molecule has 1 saturated heterocycles. The van der Waals surface area contributed by atoms with Gasteiger partial charge in [0.2, 0.25) is 5.91 Å². The van der Waals surface area contributed by atoms with Crippen molar-refractivity contribution in [1.82, 2.24) is 19.9 Å². The van der Waals surface area contributed by atoms with Gasteiger partial charge in [0.05, 0.1) is 17.0 Å². The molecule has 3 N–H and O–H groups in total. The summed E-state index contributed by atoms with van der Waals surface area (Å²) in [5, 5.41) is 7.77. The van der Waals surface area contributed by atoms with Crippen molar-refractivity contribution in [3.8, 4) is 0 Å². The zero-order valence-corrected chi connectivity index (χ0v) is 17.0. The highest BCUT2D eigenvalue weighted by molar-refractivity contribution is 5.94. The molecule has 0 aliphatic carbocycles. The third-order valence-corrected chi connectivity index (χ3v) is 5.54. The summed E-state index contributed by atoms with van der Waals surface area (Å²) in [6.45, 7) is 3.27. The molecular weight excluding hydrogens is 384 g/mol. The minimum absolute atomic E-state index is 0.0114. The summed E-state index contributed by atoms with van der Waals surface area (Å²) in [5.41, 5.74) is 7.99. The summed E-state index contributed by atoms with van der Waals surface area (Å²) in [4.78, 5) is 32.1. The lowest BCUT2D eigenvalue weighted by atomic mass is 10.1. The van der Waals surface area contributed by atoms with Gasteiger partial charge in [-0.25, -0.2) is 4.98 Å². The maximum absolute atomic E-state index is 12.7. The quantitative estimate of drug-likeness (QED) is 0.664. The van der Waals surface area contributed by atoms with Crippen LogP contribution in [0.4, 0.5) is 11.6 Å². The molecule has 3 heterocycles. The normalized spacial score (nSPS) is 16.1. The molecular formula is C21H24N6O3. The van der Waals surface area contributed by atoms with Crippen LogP contribution in [-0.2, 0) is 11.3 Å². The second-order valence-electron chi connectivity index (χ2n) is 7.51. The van der Waals surface area contributed by atoms with Crippen LogP contribution in [0.5, 0.6) is 0 Å². The number of likely N-dealkylation sites (N-methyl/N-ethyl adjacent to an activating group) is 1. The topological polar surface area (TPSA) is 118 Å². The first-order valence-electron chi connectivity index (χ1n) is 9.79. The van der Waals surface area contributed by atoms with E-state index in [-0.39, 0.29) is 17.9 Å². The first kappa shape index (κ1) is 19.7. The fraction of sp³-hybridized carbons (Fsp3) is 0.333. The predicted molar refractivity (Wildman–Crippen MR) is 113 cm³/mol. The van der Waals surface area contributed by atoms with E-state index in [0.29, 0.717) is 42.4 Å². The van der Waals surface area contributed by atoms with Crippen LogP contribution in [0.3, 0.4) is 0 Å². The largest absolute Gasteiger partial charge is 0.380 e. The van der Waals surface area contributed by atoms with Crippen LogP contribution in [0, 0.1) is 0 Å². The number of nitrogens with two attached hydrogens (primary N) is 1. The van der Waals surface area contributed by atoms with Gasteiger partial charge >= 0.3 is 0 Å². The van der Waals surface area contributed by atoms with Crippen molar-refractivity contribution >= 4 is 34.4 Å². The Morgan fingerprint density at radius 1 is 1.33 bits per heavy atom. The van der Waals surface area contributed by atoms with Crippen LogP contribution in [0.2, 0.25) is 0 Å². The number of likely N-dealkylation sites (tertiary alicyclic amines) is 1. The van der Waals surface area contributed by atoms with Crippen LogP contribution in [0.1, 0.15) is 29.3 Å². The third-order valence-electron chi connectivity index (χ3n) is 5.54. The van der Waals surface area contributed by atoms with Gasteiger partial charge < -0.3 is 25.4 Å². The van der Waals surface area contributed by atoms with Crippen molar-refractivity contribution in [2.45, 2.75) is 25.9 Å². The van der Waals surface area contributed by atoms with Crippen LogP contribution in [0.15, 0.2) is 41.1 Å². The average Bonchev–Trinajstić information content (AvgIpc) is 3.39. The Labute approximate surface area is 173 Å². The number of aromatic nitrogens is 2. The number of pyridine rings is 1. The molecule has 0 saturated carbocycles. The Balaban J connectivity index is 1.36. The molecule has 0 unspecified atom stereocenters. The molecule has 2 aromatic heterocycles. The highest BCUT2D eigenvalue weighted by Gasteiger charge is 2.30.